The van der Waals surface area contributed by atoms with Gasteiger partial charge >= 0.3 is 14.5 Å². The zero-order valence-corrected chi connectivity index (χ0v) is 21.7. The van der Waals surface area contributed by atoms with Crippen molar-refractivity contribution < 1.29 is 23.3 Å². The fourth-order valence-electron chi connectivity index (χ4n) is 3.34. The van der Waals surface area contributed by atoms with Gasteiger partial charge in [0.2, 0.25) is 0 Å². The monoisotopic (exact) mass is 503 g/mol. The van der Waals surface area contributed by atoms with E-state index in [1.54, 1.807) is 11.6 Å². The van der Waals surface area contributed by atoms with Gasteiger partial charge in [0, 0.05) is 12.8 Å². The Bertz CT molecular complexity index is 1100. The molecule has 11 heteroatoms. The summed E-state index contributed by atoms with van der Waals surface area (Å²) in [7, 11) is 1.36. The van der Waals surface area contributed by atoms with E-state index in [1.807, 2.05) is 36.4 Å². The number of nitrogens with two attached hydrogens (primary N) is 1. The van der Waals surface area contributed by atoms with Gasteiger partial charge in [-0.25, -0.2) is 14.6 Å². The predicted octanol–water partition coefficient (Wildman–Crippen LogP) is 3.64. The Balaban J connectivity index is 1.60. The number of nitrogen functional groups attached to an aromatic ring is 1. The molecule has 0 bridgehead atoms. The molecule has 0 radical (unpaired) electrons. The van der Waals surface area contributed by atoms with E-state index in [0.717, 1.165) is 11.2 Å². The van der Waals surface area contributed by atoms with Crippen molar-refractivity contribution in [2.45, 2.75) is 45.1 Å². The number of aromatic nitrogens is 3. The maximum Gasteiger partial charge on any atom is 0.320 e. The van der Waals surface area contributed by atoms with E-state index in [-0.39, 0.29) is 24.7 Å². The lowest BCUT2D eigenvalue weighted by molar-refractivity contribution is -0.139. The Labute approximate surface area is 207 Å². The number of benzene rings is 1. The normalized spacial score (nSPS) is 13.5. The lowest BCUT2D eigenvalue weighted by atomic mass is 9.87. The molecule has 0 aliphatic rings. The summed E-state index contributed by atoms with van der Waals surface area (Å²) in [4.78, 5) is 15.7. The minimum Gasteiger partial charge on any atom is -0.468 e. The van der Waals surface area contributed by atoms with Crippen molar-refractivity contribution in [2.75, 3.05) is 33.1 Å². The van der Waals surface area contributed by atoms with Crippen LogP contribution in [0, 0.1) is 0 Å². The molecule has 2 unspecified atom stereocenters. The molecule has 3 aromatic rings. The smallest absolute Gasteiger partial charge is 0.320 e. The van der Waals surface area contributed by atoms with Crippen LogP contribution in [0.25, 0.3) is 5.52 Å². The van der Waals surface area contributed by atoms with E-state index in [1.165, 1.54) is 19.0 Å². The Morgan fingerprint density at radius 2 is 1.91 bits per heavy atom. The van der Waals surface area contributed by atoms with Gasteiger partial charge in [-0.05, 0) is 48.1 Å². The molecule has 35 heavy (non-hydrogen) atoms. The highest BCUT2D eigenvalue weighted by Crippen LogP contribution is 2.36. The van der Waals surface area contributed by atoms with Crippen LogP contribution < -0.4 is 15.3 Å². The van der Waals surface area contributed by atoms with Crippen LogP contribution in [-0.2, 0) is 30.6 Å². The van der Waals surface area contributed by atoms with Gasteiger partial charge in [-0.1, -0.05) is 32.9 Å². The van der Waals surface area contributed by atoms with Crippen LogP contribution in [0.4, 0.5) is 5.82 Å². The molecule has 1 aromatic carbocycles. The third-order valence-corrected chi connectivity index (χ3v) is 6.66. The standard InChI is InChI=1S/C24H34N5O5P/c1-24(2,3)17-6-10-19(11-7-17)34-35(28-14-22(30)32-5)33-15-20(31-4)12-8-18-9-13-21-23(25)26-16-27-29(18)21/h6-7,9-11,13,16,20,28H,8,12,14-15H2,1-5H3,(H2,25,26,27). The van der Waals surface area contributed by atoms with Gasteiger partial charge in [-0.2, -0.15) is 5.10 Å². The van der Waals surface area contributed by atoms with Crippen molar-refractivity contribution in [2.24, 2.45) is 0 Å². The van der Waals surface area contributed by atoms with E-state index in [9.17, 15) is 4.79 Å². The average Bonchev–Trinajstić information content (AvgIpc) is 3.26. The number of rotatable bonds is 12. The summed E-state index contributed by atoms with van der Waals surface area (Å²) in [6.07, 6.45) is 2.63. The zero-order valence-electron chi connectivity index (χ0n) is 20.9. The summed E-state index contributed by atoms with van der Waals surface area (Å²) in [6, 6.07) is 11.7. The van der Waals surface area contributed by atoms with Crippen LogP contribution in [0.1, 0.15) is 38.4 Å². The predicted molar refractivity (Wildman–Crippen MR) is 135 cm³/mol. The molecule has 190 valence electrons. The number of methoxy groups -OCH3 is 2. The Morgan fingerprint density at radius 3 is 2.57 bits per heavy atom. The molecular formula is C24H34N5O5P. The molecule has 0 saturated carbocycles. The number of hydrogen-bond acceptors (Lipinski definition) is 9. The first-order valence-corrected chi connectivity index (χ1v) is 12.5. The highest BCUT2D eigenvalue weighted by atomic mass is 31.2. The third-order valence-electron chi connectivity index (χ3n) is 5.48. The highest BCUT2D eigenvalue weighted by Gasteiger charge is 2.20. The van der Waals surface area contributed by atoms with Crippen molar-refractivity contribution in [3.8, 4) is 5.75 Å². The molecular weight excluding hydrogens is 469 g/mol. The van der Waals surface area contributed by atoms with E-state index in [0.29, 0.717) is 24.4 Å². The van der Waals surface area contributed by atoms with Crippen molar-refractivity contribution in [1.29, 1.82) is 0 Å². The van der Waals surface area contributed by atoms with Gasteiger partial charge in [0.15, 0.2) is 5.82 Å². The summed E-state index contributed by atoms with van der Waals surface area (Å²) in [5, 5.41) is 7.28. The summed E-state index contributed by atoms with van der Waals surface area (Å²) in [6.45, 7) is 6.70. The molecule has 0 saturated heterocycles. The molecule has 0 spiro atoms. The van der Waals surface area contributed by atoms with E-state index < -0.39 is 14.5 Å². The second-order valence-corrected chi connectivity index (χ2v) is 10.3. The van der Waals surface area contributed by atoms with Gasteiger partial charge in [0.05, 0.1) is 19.8 Å². The fraction of sp³-hybridized carbons (Fsp3) is 0.458. The average molecular weight is 504 g/mol. The van der Waals surface area contributed by atoms with E-state index >= 15 is 0 Å². The van der Waals surface area contributed by atoms with Crippen LogP contribution in [-0.4, -0.2) is 54.0 Å². The van der Waals surface area contributed by atoms with Gasteiger partial charge < -0.3 is 24.3 Å². The molecule has 0 aliphatic heterocycles. The van der Waals surface area contributed by atoms with Gasteiger partial charge in [0.1, 0.15) is 24.1 Å². The lowest BCUT2D eigenvalue weighted by Crippen LogP contribution is -2.25. The fourth-order valence-corrected chi connectivity index (χ4v) is 4.42. The molecule has 3 N–H and O–H groups in total. The second-order valence-electron chi connectivity index (χ2n) is 8.99. The first-order chi connectivity index (χ1) is 16.7. The number of anilines is 1. The Kier molecular flexibility index (Phi) is 9.40. The number of ether oxygens (including phenoxy) is 2. The molecule has 0 amide bonds. The molecule has 10 nitrogen and oxygen atoms in total. The quantitative estimate of drug-likeness (QED) is 0.282. The third kappa shape index (κ3) is 7.60. The first kappa shape index (κ1) is 26.8. The zero-order chi connectivity index (χ0) is 25.4. The van der Waals surface area contributed by atoms with Crippen molar-refractivity contribution in [3.63, 3.8) is 0 Å². The summed E-state index contributed by atoms with van der Waals surface area (Å²) in [5.41, 5.74) is 8.92. The molecule has 3 rings (SSSR count). The van der Waals surface area contributed by atoms with Crippen molar-refractivity contribution in [1.82, 2.24) is 19.7 Å². The maximum atomic E-state index is 11.7. The molecule has 2 heterocycles. The number of esters is 1. The Morgan fingerprint density at radius 1 is 1.17 bits per heavy atom. The first-order valence-electron chi connectivity index (χ1n) is 11.3. The number of aryl methyl sites for hydroxylation is 1. The maximum absolute atomic E-state index is 11.7. The molecule has 0 aliphatic carbocycles. The highest BCUT2D eigenvalue weighted by molar-refractivity contribution is 7.45. The minimum atomic E-state index is -1.61. The summed E-state index contributed by atoms with van der Waals surface area (Å²) >= 11 is 0. The number of nitrogens with one attached hydrogen (secondary N) is 1. The molecule has 0 fully saturated rings. The van der Waals surface area contributed by atoms with Crippen LogP contribution in [0.5, 0.6) is 5.75 Å². The Hall–Kier alpha value is -2.78. The van der Waals surface area contributed by atoms with Crippen LogP contribution in [0.2, 0.25) is 0 Å². The largest absolute Gasteiger partial charge is 0.468 e. The van der Waals surface area contributed by atoms with E-state index in [4.69, 9.17) is 24.3 Å². The summed E-state index contributed by atoms with van der Waals surface area (Å²) in [5.74, 6) is 0.678. The number of nitrogens with zero attached hydrogens (tertiary/aromatic N) is 3. The van der Waals surface area contributed by atoms with Crippen LogP contribution >= 0.6 is 8.53 Å². The van der Waals surface area contributed by atoms with Crippen LogP contribution in [0.3, 0.4) is 0 Å². The molecule has 2 atom stereocenters. The SMILES string of the molecule is COC(=O)CNP(OCC(CCc1ccc2c(N)ncnn12)OC)Oc1ccc(C(C)(C)C)cc1. The van der Waals surface area contributed by atoms with Gasteiger partial charge in [-0.15, -0.1) is 0 Å². The van der Waals surface area contributed by atoms with Crippen molar-refractivity contribution >= 4 is 25.8 Å². The number of fused-ring (bicyclic) bond motifs is 1. The molecule has 2 aromatic heterocycles. The summed E-state index contributed by atoms with van der Waals surface area (Å²) < 4.78 is 24.2. The van der Waals surface area contributed by atoms with Crippen LogP contribution in [0.15, 0.2) is 42.7 Å². The lowest BCUT2D eigenvalue weighted by Gasteiger charge is -2.22. The van der Waals surface area contributed by atoms with E-state index in [2.05, 4.69) is 35.9 Å². The number of carbonyl (C=O) groups excluding carboxylic acids is 1. The number of carbonyl (C=O) groups is 1. The minimum absolute atomic E-state index is 0.0306. The van der Waals surface area contributed by atoms with Crippen molar-refractivity contribution in [3.05, 3.63) is 54.0 Å². The van der Waals surface area contributed by atoms with Gasteiger partial charge in [-0.3, -0.25) is 4.79 Å². The number of hydrogen-bond donors (Lipinski definition) is 2. The van der Waals surface area contributed by atoms with Gasteiger partial charge in [0.25, 0.3) is 0 Å². The topological polar surface area (TPSA) is 122 Å². The second kappa shape index (κ2) is 12.3.